The van der Waals surface area contributed by atoms with Crippen LogP contribution in [0.2, 0.25) is 0 Å². The van der Waals surface area contributed by atoms with E-state index in [1.807, 2.05) is 13.8 Å². The molecule has 1 aliphatic heterocycles. The number of likely N-dealkylation sites (tertiary alicyclic amines) is 1. The van der Waals surface area contributed by atoms with Crippen molar-refractivity contribution in [1.82, 2.24) is 4.90 Å². The Hall–Kier alpha value is -0.280. The molecule has 0 radical (unpaired) electrons. The Morgan fingerprint density at radius 3 is 2.37 bits per heavy atom. The zero-order chi connectivity index (χ0) is 13.7. The molecule has 0 bridgehead atoms. The van der Waals surface area contributed by atoms with E-state index >= 15 is 0 Å². The van der Waals surface area contributed by atoms with Gasteiger partial charge in [0.15, 0.2) is 0 Å². The fourth-order valence-electron chi connectivity index (χ4n) is 2.74. The second kappa shape index (κ2) is 8.80. The van der Waals surface area contributed by atoms with Gasteiger partial charge in [-0.15, -0.1) is 12.4 Å². The Balaban J connectivity index is 0.00000324. The fraction of sp³-hybridized carbons (Fsp3) is 0.933. The van der Waals surface area contributed by atoms with E-state index < -0.39 is 0 Å². The molecule has 1 aliphatic rings. The van der Waals surface area contributed by atoms with Gasteiger partial charge >= 0.3 is 0 Å². The molecule has 3 nitrogen and oxygen atoms in total. The van der Waals surface area contributed by atoms with Gasteiger partial charge in [-0.1, -0.05) is 33.6 Å². The summed E-state index contributed by atoms with van der Waals surface area (Å²) in [5.41, 5.74) is 5.88. The van der Waals surface area contributed by atoms with Gasteiger partial charge in [0.25, 0.3) is 0 Å². The SMILES string of the molecule is CC(C)CC1CCCCCN1C(=O)C(C)C(C)N.Cl. The minimum Gasteiger partial charge on any atom is -0.339 e. The van der Waals surface area contributed by atoms with E-state index in [0.29, 0.717) is 12.0 Å². The van der Waals surface area contributed by atoms with Crippen LogP contribution in [0.4, 0.5) is 0 Å². The van der Waals surface area contributed by atoms with Gasteiger partial charge in [-0.2, -0.15) is 0 Å². The highest BCUT2D eigenvalue weighted by molar-refractivity contribution is 5.85. The van der Waals surface area contributed by atoms with E-state index in [1.165, 1.54) is 12.8 Å². The predicted molar refractivity (Wildman–Crippen MR) is 83.5 cm³/mol. The number of carbonyl (C=O) groups is 1. The number of hydrogen-bond acceptors (Lipinski definition) is 2. The quantitative estimate of drug-likeness (QED) is 0.864. The first-order valence-electron chi connectivity index (χ1n) is 7.49. The molecular formula is C15H31ClN2O. The van der Waals surface area contributed by atoms with Crippen molar-refractivity contribution < 1.29 is 4.79 Å². The largest absolute Gasteiger partial charge is 0.339 e. The minimum atomic E-state index is -0.0576. The Labute approximate surface area is 124 Å². The summed E-state index contributed by atoms with van der Waals surface area (Å²) < 4.78 is 0. The monoisotopic (exact) mass is 290 g/mol. The molecule has 0 aromatic rings. The highest BCUT2D eigenvalue weighted by Crippen LogP contribution is 2.24. The van der Waals surface area contributed by atoms with Crippen molar-refractivity contribution in [2.75, 3.05) is 6.54 Å². The number of amides is 1. The molecule has 3 atom stereocenters. The molecule has 1 heterocycles. The maximum atomic E-state index is 12.5. The molecule has 2 N–H and O–H groups in total. The summed E-state index contributed by atoms with van der Waals surface area (Å²) in [6.45, 7) is 9.29. The van der Waals surface area contributed by atoms with Crippen molar-refractivity contribution in [3.8, 4) is 0 Å². The van der Waals surface area contributed by atoms with E-state index in [9.17, 15) is 4.79 Å². The lowest BCUT2D eigenvalue weighted by Gasteiger charge is -2.34. The zero-order valence-electron chi connectivity index (χ0n) is 12.9. The number of nitrogens with two attached hydrogens (primary N) is 1. The third-order valence-corrected chi connectivity index (χ3v) is 4.08. The zero-order valence-corrected chi connectivity index (χ0v) is 13.7. The lowest BCUT2D eigenvalue weighted by molar-refractivity contribution is -0.138. The number of halogens is 1. The average molecular weight is 291 g/mol. The predicted octanol–water partition coefficient (Wildman–Crippen LogP) is 3.21. The van der Waals surface area contributed by atoms with Crippen molar-refractivity contribution in [3.05, 3.63) is 0 Å². The number of hydrogen-bond donors (Lipinski definition) is 1. The Bertz CT molecular complexity index is 269. The van der Waals surface area contributed by atoms with Crippen LogP contribution in [0.1, 0.15) is 59.8 Å². The van der Waals surface area contributed by atoms with E-state index in [1.54, 1.807) is 0 Å². The number of rotatable bonds is 4. The molecule has 19 heavy (non-hydrogen) atoms. The Morgan fingerprint density at radius 1 is 1.21 bits per heavy atom. The van der Waals surface area contributed by atoms with Crippen molar-refractivity contribution >= 4 is 18.3 Å². The third kappa shape index (κ3) is 5.70. The lowest BCUT2D eigenvalue weighted by atomic mass is 9.96. The van der Waals surface area contributed by atoms with Crippen LogP contribution >= 0.6 is 12.4 Å². The van der Waals surface area contributed by atoms with Crippen molar-refractivity contribution in [3.63, 3.8) is 0 Å². The second-order valence-electron chi connectivity index (χ2n) is 6.31. The second-order valence-corrected chi connectivity index (χ2v) is 6.31. The summed E-state index contributed by atoms with van der Waals surface area (Å²) in [5.74, 6) is 0.851. The smallest absolute Gasteiger partial charge is 0.227 e. The molecule has 114 valence electrons. The van der Waals surface area contributed by atoms with E-state index in [-0.39, 0.29) is 30.3 Å². The van der Waals surface area contributed by atoms with Crippen LogP contribution in [0.15, 0.2) is 0 Å². The Morgan fingerprint density at radius 2 is 1.84 bits per heavy atom. The van der Waals surface area contributed by atoms with Gasteiger partial charge in [-0.3, -0.25) is 4.79 Å². The summed E-state index contributed by atoms with van der Waals surface area (Å²) in [5, 5.41) is 0. The van der Waals surface area contributed by atoms with Crippen molar-refractivity contribution in [1.29, 1.82) is 0 Å². The topological polar surface area (TPSA) is 46.3 Å². The van der Waals surface area contributed by atoms with Crippen LogP contribution in [-0.4, -0.2) is 29.4 Å². The maximum absolute atomic E-state index is 12.5. The molecule has 1 fully saturated rings. The summed E-state index contributed by atoms with van der Waals surface area (Å²) in [4.78, 5) is 14.7. The number of nitrogens with zero attached hydrogens (tertiary/aromatic N) is 1. The standard InChI is InChI=1S/C15H30N2O.ClH/c1-11(2)10-14-8-6-5-7-9-17(14)15(18)12(3)13(4)16;/h11-14H,5-10,16H2,1-4H3;1H. The fourth-order valence-corrected chi connectivity index (χ4v) is 2.74. The first-order chi connectivity index (χ1) is 8.43. The molecule has 0 saturated carbocycles. The molecule has 1 saturated heterocycles. The molecule has 0 aromatic carbocycles. The minimum absolute atomic E-state index is 0. The molecule has 1 amide bonds. The van der Waals surface area contributed by atoms with Gasteiger partial charge in [0, 0.05) is 18.6 Å². The Kier molecular flexibility index (Phi) is 8.67. The van der Waals surface area contributed by atoms with Gasteiger partial charge in [0.05, 0.1) is 5.92 Å². The van der Waals surface area contributed by atoms with Crippen LogP contribution < -0.4 is 5.73 Å². The lowest BCUT2D eigenvalue weighted by Crippen LogP contribution is -2.47. The van der Waals surface area contributed by atoms with Gasteiger partial charge in [-0.05, 0) is 32.1 Å². The van der Waals surface area contributed by atoms with Crippen LogP contribution in [0.5, 0.6) is 0 Å². The molecule has 0 aromatic heterocycles. The molecule has 3 unspecified atom stereocenters. The first-order valence-corrected chi connectivity index (χ1v) is 7.49. The van der Waals surface area contributed by atoms with Crippen molar-refractivity contribution in [2.24, 2.45) is 17.6 Å². The van der Waals surface area contributed by atoms with Gasteiger partial charge in [0.2, 0.25) is 5.91 Å². The van der Waals surface area contributed by atoms with E-state index in [2.05, 4.69) is 18.7 Å². The van der Waals surface area contributed by atoms with E-state index in [0.717, 1.165) is 25.8 Å². The van der Waals surface area contributed by atoms with Gasteiger partial charge in [-0.25, -0.2) is 0 Å². The summed E-state index contributed by atoms with van der Waals surface area (Å²) >= 11 is 0. The van der Waals surface area contributed by atoms with Gasteiger partial charge in [0.1, 0.15) is 0 Å². The first kappa shape index (κ1) is 18.7. The average Bonchev–Trinajstić information content (AvgIpc) is 2.51. The van der Waals surface area contributed by atoms with Crippen molar-refractivity contribution in [2.45, 2.75) is 71.9 Å². The maximum Gasteiger partial charge on any atom is 0.227 e. The van der Waals surface area contributed by atoms with Crippen LogP contribution in [-0.2, 0) is 4.79 Å². The van der Waals surface area contributed by atoms with Crippen LogP contribution in [0.3, 0.4) is 0 Å². The molecule has 0 aliphatic carbocycles. The van der Waals surface area contributed by atoms with Crippen LogP contribution in [0.25, 0.3) is 0 Å². The highest BCUT2D eigenvalue weighted by atomic mass is 35.5. The van der Waals surface area contributed by atoms with E-state index in [4.69, 9.17) is 5.73 Å². The highest BCUT2D eigenvalue weighted by Gasteiger charge is 2.30. The number of carbonyl (C=O) groups excluding carboxylic acids is 1. The third-order valence-electron chi connectivity index (χ3n) is 4.08. The summed E-state index contributed by atoms with van der Waals surface area (Å²) in [7, 11) is 0. The summed E-state index contributed by atoms with van der Waals surface area (Å²) in [6.07, 6.45) is 5.94. The molecule has 0 spiro atoms. The van der Waals surface area contributed by atoms with Gasteiger partial charge < -0.3 is 10.6 Å². The molecular weight excluding hydrogens is 260 g/mol. The normalized spacial score (nSPS) is 23.5. The summed E-state index contributed by atoms with van der Waals surface area (Å²) in [6, 6.07) is 0.377. The molecule has 1 rings (SSSR count). The van der Waals surface area contributed by atoms with Crippen LogP contribution in [0, 0.1) is 11.8 Å². The molecule has 4 heteroatoms.